The van der Waals surface area contributed by atoms with Gasteiger partial charge in [0.05, 0.1) is 0 Å². The Morgan fingerprint density at radius 3 is 2.47 bits per heavy atom. The predicted octanol–water partition coefficient (Wildman–Crippen LogP) is 2.53. The van der Waals surface area contributed by atoms with Crippen molar-refractivity contribution in [2.75, 3.05) is 19.6 Å². The smallest absolute Gasteiger partial charge is 0.00253 e. The van der Waals surface area contributed by atoms with Gasteiger partial charge in [-0.1, -0.05) is 39.5 Å². The van der Waals surface area contributed by atoms with E-state index in [4.69, 9.17) is 5.73 Å². The lowest BCUT2D eigenvalue weighted by atomic mass is 9.90. The van der Waals surface area contributed by atoms with Gasteiger partial charge in [-0.3, -0.25) is 0 Å². The molecule has 0 aromatic carbocycles. The molecule has 0 radical (unpaired) electrons. The number of hydrogen-bond acceptors (Lipinski definition) is 2. The van der Waals surface area contributed by atoms with Gasteiger partial charge >= 0.3 is 0 Å². The van der Waals surface area contributed by atoms with Gasteiger partial charge in [0.25, 0.3) is 0 Å². The predicted molar refractivity (Wildman–Crippen MR) is 66.9 cm³/mol. The third-order valence-electron chi connectivity index (χ3n) is 3.74. The number of hydrogen-bond donors (Lipinski definition) is 2. The number of nitrogens with one attached hydrogen (secondary N) is 1. The fourth-order valence-electron chi connectivity index (χ4n) is 2.26. The van der Waals surface area contributed by atoms with Crippen LogP contribution in [0.2, 0.25) is 0 Å². The van der Waals surface area contributed by atoms with Crippen molar-refractivity contribution in [1.82, 2.24) is 5.32 Å². The zero-order valence-corrected chi connectivity index (χ0v) is 10.5. The minimum Gasteiger partial charge on any atom is -0.330 e. The van der Waals surface area contributed by atoms with Crippen molar-refractivity contribution in [2.45, 2.75) is 52.4 Å². The Labute approximate surface area is 95.0 Å². The average molecular weight is 212 g/mol. The minimum absolute atomic E-state index is 0.306. The van der Waals surface area contributed by atoms with Crippen molar-refractivity contribution in [1.29, 1.82) is 0 Å². The Morgan fingerprint density at radius 2 is 1.87 bits per heavy atom. The molecule has 0 spiro atoms. The lowest BCUT2D eigenvalue weighted by molar-refractivity contribution is 0.336. The Bertz CT molecular complexity index is 160. The van der Waals surface area contributed by atoms with E-state index in [2.05, 4.69) is 19.2 Å². The minimum atomic E-state index is 0.306. The first-order chi connectivity index (χ1) is 7.14. The second-order valence-corrected chi connectivity index (χ2v) is 5.81. The van der Waals surface area contributed by atoms with Crippen molar-refractivity contribution in [3.05, 3.63) is 0 Å². The molecule has 3 N–H and O–H groups in total. The van der Waals surface area contributed by atoms with Crippen molar-refractivity contribution < 1.29 is 0 Å². The van der Waals surface area contributed by atoms with Crippen LogP contribution in [0.3, 0.4) is 0 Å². The van der Waals surface area contributed by atoms with Crippen molar-refractivity contribution in [3.8, 4) is 0 Å². The summed E-state index contributed by atoms with van der Waals surface area (Å²) in [6.45, 7) is 7.59. The Morgan fingerprint density at radius 1 is 1.20 bits per heavy atom. The Kier molecular flexibility index (Phi) is 5.62. The molecule has 0 unspecified atom stereocenters. The highest BCUT2D eigenvalue weighted by atomic mass is 14.8. The quantitative estimate of drug-likeness (QED) is 0.636. The Hall–Kier alpha value is -0.0800. The second-order valence-electron chi connectivity index (χ2n) is 5.81. The van der Waals surface area contributed by atoms with Crippen molar-refractivity contribution >= 4 is 0 Å². The zero-order chi connectivity index (χ0) is 11.1. The van der Waals surface area contributed by atoms with Gasteiger partial charge in [-0.2, -0.15) is 0 Å². The van der Waals surface area contributed by atoms with E-state index in [1.807, 2.05) is 0 Å². The van der Waals surface area contributed by atoms with E-state index in [0.717, 1.165) is 19.0 Å². The molecule has 0 saturated heterocycles. The van der Waals surface area contributed by atoms with E-state index < -0.39 is 0 Å². The fraction of sp³-hybridized carbons (Fsp3) is 1.00. The standard InChI is InChI=1S/C13H28N2/c1-13(2,11-14)8-10-15-9-7-12-5-3-4-6-12/h12,15H,3-11,14H2,1-2H3. The van der Waals surface area contributed by atoms with E-state index in [0.29, 0.717) is 5.41 Å². The van der Waals surface area contributed by atoms with E-state index >= 15 is 0 Å². The number of rotatable bonds is 7. The monoisotopic (exact) mass is 212 g/mol. The van der Waals surface area contributed by atoms with Crippen molar-refractivity contribution in [3.63, 3.8) is 0 Å². The van der Waals surface area contributed by atoms with Gasteiger partial charge in [0, 0.05) is 0 Å². The van der Waals surface area contributed by atoms with Gasteiger partial charge in [0.15, 0.2) is 0 Å². The van der Waals surface area contributed by atoms with Crippen LogP contribution in [0.1, 0.15) is 52.4 Å². The summed E-state index contributed by atoms with van der Waals surface area (Å²) in [5.41, 5.74) is 6.00. The van der Waals surface area contributed by atoms with Crippen molar-refractivity contribution in [2.24, 2.45) is 17.1 Å². The lowest BCUT2D eigenvalue weighted by Crippen LogP contribution is -2.29. The molecule has 0 heterocycles. The maximum Gasteiger partial charge on any atom is -0.00253 e. The maximum atomic E-state index is 5.69. The van der Waals surface area contributed by atoms with E-state index in [9.17, 15) is 0 Å². The summed E-state index contributed by atoms with van der Waals surface area (Å²) >= 11 is 0. The summed E-state index contributed by atoms with van der Waals surface area (Å²) < 4.78 is 0. The molecule has 1 fully saturated rings. The molecule has 90 valence electrons. The molecule has 0 aromatic rings. The molecular formula is C13H28N2. The van der Waals surface area contributed by atoms with Gasteiger partial charge in [-0.25, -0.2) is 0 Å². The van der Waals surface area contributed by atoms with Crippen LogP contribution in [0.5, 0.6) is 0 Å². The van der Waals surface area contributed by atoms with Crippen LogP contribution in [0.15, 0.2) is 0 Å². The Balaban J connectivity index is 1.92. The van der Waals surface area contributed by atoms with Gasteiger partial charge in [0.2, 0.25) is 0 Å². The molecule has 1 rings (SSSR count). The van der Waals surface area contributed by atoms with Gasteiger partial charge < -0.3 is 11.1 Å². The first-order valence-corrected chi connectivity index (χ1v) is 6.55. The number of nitrogens with two attached hydrogens (primary N) is 1. The third-order valence-corrected chi connectivity index (χ3v) is 3.74. The van der Waals surface area contributed by atoms with E-state index in [-0.39, 0.29) is 0 Å². The highest BCUT2D eigenvalue weighted by Gasteiger charge is 2.16. The molecule has 0 aromatic heterocycles. The van der Waals surface area contributed by atoms with Gasteiger partial charge in [0.1, 0.15) is 0 Å². The molecule has 1 saturated carbocycles. The summed E-state index contributed by atoms with van der Waals surface area (Å²) in [6.07, 6.45) is 8.43. The summed E-state index contributed by atoms with van der Waals surface area (Å²) in [4.78, 5) is 0. The molecule has 0 bridgehead atoms. The first kappa shape index (κ1) is 13.0. The third kappa shape index (κ3) is 5.53. The van der Waals surface area contributed by atoms with E-state index in [1.54, 1.807) is 0 Å². The highest BCUT2D eigenvalue weighted by molar-refractivity contribution is 4.71. The fourth-order valence-corrected chi connectivity index (χ4v) is 2.26. The van der Waals surface area contributed by atoms with Crippen LogP contribution in [-0.2, 0) is 0 Å². The molecule has 2 heteroatoms. The molecule has 1 aliphatic rings. The lowest BCUT2D eigenvalue weighted by Gasteiger charge is -2.22. The molecule has 15 heavy (non-hydrogen) atoms. The van der Waals surface area contributed by atoms with Crippen LogP contribution in [0.25, 0.3) is 0 Å². The molecule has 1 aliphatic carbocycles. The molecular weight excluding hydrogens is 184 g/mol. The molecule has 0 amide bonds. The molecule has 0 atom stereocenters. The summed E-state index contributed by atoms with van der Waals surface area (Å²) in [5.74, 6) is 1.01. The van der Waals surface area contributed by atoms with Crippen LogP contribution < -0.4 is 11.1 Å². The van der Waals surface area contributed by atoms with Crippen LogP contribution in [0.4, 0.5) is 0 Å². The van der Waals surface area contributed by atoms with Crippen LogP contribution in [-0.4, -0.2) is 19.6 Å². The topological polar surface area (TPSA) is 38.0 Å². The zero-order valence-electron chi connectivity index (χ0n) is 10.5. The normalized spacial score (nSPS) is 18.6. The van der Waals surface area contributed by atoms with Crippen LogP contribution in [0, 0.1) is 11.3 Å². The summed E-state index contributed by atoms with van der Waals surface area (Å²) in [5, 5.41) is 3.55. The largest absolute Gasteiger partial charge is 0.330 e. The second kappa shape index (κ2) is 6.49. The first-order valence-electron chi connectivity index (χ1n) is 6.55. The van der Waals surface area contributed by atoms with Crippen LogP contribution >= 0.6 is 0 Å². The molecule has 0 aliphatic heterocycles. The van der Waals surface area contributed by atoms with Gasteiger partial charge in [-0.05, 0) is 43.8 Å². The summed E-state index contributed by atoms with van der Waals surface area (Å²) in [7, 11) is 0. The maximum absolute atomic E-state index is 5.69. The SMILES string of the molecule is CC(C)(CN)CCNCCC1CCCC1. The average Bonchev–Trinajstić information content (AvgIpc) is 2.70. The van der Waals surface area contributed by atoms with E-state index in [1.165, 1.54) is 45.1 Å². The summed E-state index contributed by atoms with van der Waals surface area (Å²) in [6, 6.07) is 0. The highest BCUT2D eigenvalue weighted by Crippen LogP contribution is 2.26. The van der Waals surface area contributed by atoms with Gasteiger partial charge in [-0.15, -0.1) is 0 Å². The molecule has 2 nitrogen and oxygen atoms in total.